The summed E-state index contributed by atoms with van der Waals surface area (Å²) in [5.41, 5.74) is 21.3. The minimum absolute atomic E-state index is 0.0938. The van der Waals surface area contributed by atoms with Crippen molar-refractivity contribution in [3.05, 3.63) is 69.4 Å². The molecule has 8 rings (SSSR count). The van der Waals surface area contributed by atoms with Gasteiger partial charge in [0.2, 0.25) is 0 Å². The summed E-state index contributed by atoms with van der Waals surface area (Å²) in [6, 6.07) is 9.35. The number of nitrogens with zero attached hydrogens (tertiary/aromatic N) is 2. The average molecular weight is 484 g/mol. The van der Waals surface area contributed by atoms with Gasteiger partial charge < -0.3 is 9.38 Å². The van der Waals surface area contributed by atoms with Crippen molar-refractivity contribution in [2.75, 3.05) is 4.81 Å². The van der Waals surface area contributed by atoms with Gasteiger partial charge in [0.05, 0.1) is 0 Å². The number of aromatic nitrogens is 1. The summed E-state index contributed by atoms with van der Waals surface area (Å²) >= 11 is 0. The molecule has 37 heavy (non-hydrogen) atoms. The molecule has 1 fully saturated rings. The lowest BCUT2D eigenvalue weighted by Gasteiger charge is -2.54. The molecule has 4 aromatic rings. The normalized spacial score (nSPS) is 24.4. The van der Waals surface area contributed by atoms with Crippen LogP contribution in [-0.2, 0) is 5.41 Å². The van der Waals surface area contributed by atoms with E-state index in [2.05, 4.69) is 95.2 Å². The quantitative estimate of drug-likeness (QED) is 0.244. The van der Waals surface area contributed by atoms with E-state index in [9.17, 15) is 0 Å². The topological polar surface area (TPSA) is 8.17 Å². The Hall–Kier alpha value is -2.94. The van der Waals surface area contributed by atoms with Crippen LogP contribution in [0.5, 0.6) is 0 Å². The van der Waals surface area contributed by atoms with Crippen molar-refractivity contribution in [2.45, 2.75) is 92.0 Å². The molecular weight excluding hydrogens is 447 g/mol. The zero-order chi connectivity index (χ0) is 25.8. The van der Waals surface area contributed by atoms with Crippen molar-refractivity contribution >= 4 is 34.4 Å². The Morgan fingerprint density at radius 1 is 0.730 bits per heavy atom. The molecule has 2 unspecified atom stereocenters. The van der Waals surface area contributed by atoms with E-state index >= 15 is 0 Å². The van der Waals surface area contributed by atoms with Crippen LogP contribution >= 0.6 is 0 Å². The van der Waals surface area contributed by atoms with Crippen molar-refractivity contribution in [3.63, 3.8) is 0 Å². The van der Waals surface area contributed by atoms with Crippen LogP contribution in [0.1, 0.15) is 78.5 Å². The summed E-state index contributed by atoms with van der Waals surface area (Å²) in [7, 11) is 0. The van der Waals surface area contributed by atoms with E-state index in [-0.39, 0.29) is 17.8 Å². The number of fused-ring (bicyclic) bond motifs is 7. The molecule has 4 heterocycles. The molecule has 3 heteroatoms. The molecule has 0 saturated heterocycles. The summed E-state index contributed by atoms with van der Waals surface area (Å²) in [6.45, 7) is 19.8. The number of benzene rings is 3. The van der Waals surface area contributed by atoms with Gasteiger partial charge in [0.25, 0.3) is 0 Å². The molecule has 0 radical (unpaired) electrons. The van der Waals surface area contributed by atoms with Crippen molar-refractivity contribution in [1.82, 2.24) is 4.57 Å². The SMILES string of the molecule is Cc1c(C)c2c3c(c1C)-n1ccc4cccc(c41)B3N1c3c-2c(C)c(C)c(C)c3C2(C)CCCCC12C. The Morgan fingerprint density at radius 2 is 1.43 bits per heavy atom. The smallest absolute Gasteiger partial charge is 0.328 e. The zero-order valence-corrected chi connectivity index (χ0v) is 23.7. The molecule has 3 aromatic carbocycles. The first-order valence-electron chi connectivity index (χ1n) is 14.3. The third-order valence-corrected chi connectivity index (χ3v) is 11.9. The van der Waals surface area contributed by atoms with Crippen molar-refractivity contribution in [3.8, 4) is 16.8 Å². The van der Waals surface area contributed by atoms with Gasteiger partial charge in [-0.25, -0.2) is 0 Å². The van der Waals surface area contributed by atoms with Crippen molar-refractivity contribution in [1.29, 1.82) is 0 Å². The molecule has 4 aliphatic rings. The van der Waals surface area contributed by atoms with Gasteiger partial charge in [-0.05, 0) is 128 Å². The highest BCUT2D eigenvalue weighted by Crippen LogP contribution is 2.64. The van der Waals surface area contributed by atoms with Gasteiger partial charge in [-0.3, -0.25) is 0 Å². The van der Waals surface area contributed by atoms with E-state index in [1.165, 1.54) is 92.2 Å². The van der Waals surface area contributed by atoms with Gasteiger partial charge in [-0.15, -0.1) is 0 Å². The highest BCUT2D eigenvalue weighted by molar-refractivity contribution is 6.93. The van der Waals surface area contributed by atoms with Crippen LogP contribution in [-0.4, -0.2) is 17.0 Å². The zero-order valence-electron chi connectivity index (χ0n) is 23.7. The molecule has 0 bridgehead atoms. The lowest BCUT2D eigenvalue weighted by molar-refractivity contribution is 0.198. The minimum Gasteiger partial charge on any atom is -0.400 e. The molecule has 0 spiro atoms. The minimum atomic E-state index is 0.0938. The average Bonchev–Trinajstić information content (AvgIpc) is 3.40. The fraction of sp³-hybridized carbons (Fsp3) is 0.412. The predicted molar refractivity (Wildman–Crippen MR) is 159 cm³/mol. The summed E-state index contributed by atoms with van der Waals surface area (Å²) in [6.07, 6.45) is 7.52. The number of rotatable bonds is 0. The molecule has 0 amide bonds. The first kappa shape index (κ1) is 22.1. The lowest BCUT2D eigenvalue weighted by Crippen LogP contribution is -2.70. The Morgan fingerprint density at radius 3 is 2.22 bits per heavy atom. The summed E-state index contributed by atoms with van der Waals surface area (Å²) in [4.78, 5) is 2.97. The molecule has 1 saturated carbocycles. The van der Waals surface area contributed by atoms with Crippen LogP contribution in [0, 0.1) is 41.5 Å². The third kappa shape index (κ3) is 2.14. The molecule has 1 aliphatic carbocycles. The van der Waals surface area contributed by atoms with E-state index in [1.807, 2.05) is 0 Å². The summed E-state index contributed by atoms with van der Waals surface area (Å²) < 4.78 is 2.53. The number of hydrogen-bond acceptors (Lipinski definition) is 1. The van der Waals surface area contributed by atoms with Gasteiger partial charge in [0, 0.05) is 39.6 Å². The van der Waals surface area contributed by atoms with Crippen LogP contribution < -0.4 is 15.7 Å². The Bertz CT molecular complexity index is 1740. The maximum atomic E-state index is 2.97. The van der Waals surface area contributed by atoms with Gasteiger partial charge >= 0.3 is 6.85 Å². The van der Waals surface area contributed by atoms with Crippen LogP contribution in [0.3, 0.4) is 0 Å². The van der Waals surface area contributed by atoms with E-state index in [4.69, 9.17) is 0 Å². The first-order valence-corrected chi connectivity index (χ1v) is 14.3. The number of hydrogen-bond donors (Lipinski definition) is 0. The monoisotopic (exact) mass is 484 g/mol. The molecule has 3 aliphatic heterocycles. The predicted octanol–water partition coefficient (Wildman–Crippen LogP) is 6.99. The summed E-state index contributed by atoms with van der Waals surface area (Å²) in [5.74, 6) is 0. The van der Waals surface area contributed by atoms with Crippen LogP contribution in [0.15, 0.2) is 30.5 Å². The van der Waals surface area contributed by atoms with Crippen molar-refractivity contribution in [2.24, 2.45) is 0 Å². The molecule has 1 aromatic heterocycles. The van der Waals surface area contributed by atoms with Crippen LogP contribution in [0.2, 0.25) is 0 Å². The van der Waals surface area contributed by atoms with Crippen LogP contribution in [0.4, 0.5) is 5.69 Å². The molecule has 186 valence electrons. The van der Waals surface area contributed by atoms with Crippen molar-refractivity contribution < 1.29 is 0 Å². The first-order chi connectivity index (χ1) is 17.6. The fourth-order valence-electron chi connectivity index (χ4n) is 9.41. The van der Waals surface area contributed by atoms with E-state index in [0.29, 0.717) is 0 Å². The highest BCUT2D eigenvalue weighted by Gasteiger charge is 2.63. The molecule has 0 N–H and O–H groups in total. The second kappa shape index (κ2) is 6.55. The maximum Gasteiger partial charge on any atom is 0.328 e. The second-order valence-electron chi connectivity index (χ2n) is 13.0. The summed E-state index contributed by atoms with van der Waals surface area (Å²) in [5, 5.41) is 1.36. The highest BCUT2D eigenvalue weighted by atomic mass is 15.2. The molecular formula is C34H37BN2. The van der Waals surface area contributed by atoms with E-state index in [1.54, 1.807) is 16.7 Å². The Kier molecular flexibility index (Phi) is 3.91. The largest absolute Gasteiger partial charge is 0.400 e. The van der Waals surface area contributed by atoms with Gasteiger partial charge in [-0.1, -0.05) is 38.0 Å². The third-order valence-electron chi connectivity index (χ3n) is 11.9. The maximum absolute atomic E-state index is 2.97. The van der Waals surface area contributed by atoms with Crippen LogP contribution in [0.25, 0.3) is 27.7 Å². The standard InChI is InChI=1S/C34H37BN2/c1-18-21(4)27-26-20(3)19(2)23(6)30-29(26)35(25-13-11-12-24-14-17-36(30)31(24)25)37-32(27)28(22(18)5)33(7)15-9-10-16-34(33,37)8/h11-14,17H,9-10,15-16H2,1-8H3. The molecule has 2 nitrogen and oxygen atoms in total. The fourth-order valence-corrected chi connectivity index (χ4v) is 9.41. The van der Waals surface area contributed by atoms with Gasteiger partial charge in [-0.2, -0.15) is 0 Å². The molecule has 2 atom stereocenters. The number of para-hydroxylation sites is 1. The van der Waals surface area contributed by atoms with E-state index in [0.717, 1.165) is 0 Å². The Balaban J connectivity index is 1.66. The Labute approximate surface area is 221 Å². The number of anilines is 1. The van der Waals surface area contributed by atoms with E-state index < -0.39 is 0 Å². The lowest BCUT2D eigenvalue weighted by atomic mass is 9.42. The second-order valence-corrected chi connectivity index (χ2v) is 13.0. The van der Waals surface area contributed by atoms with Gasteiger partial charge in [0.1, 0.15) is 0 Å². The van der Waals surface area contributed by atoms with Gasteiger partial charge in [0.15, 0.2) is 0 Å².